The van der Waals surface area contributed by atoms with E-state index in [-0.39, 0.29) is 5.91 Å². The van der Waals surface area contributed by atoms with E-state index in [0.717, 1.165) is 23.4 Å². The number of ether oxygens (including phenoxy) is 1. The van der Waals surface area contributed by atoms with Gasteiger partial charge in [0.05, 0.1) is 10.7 Å². The number of benzene rings is 1. The Labute approximate surface area is 140 Å². The van der Waals surface area contributed by atoms with Crippen molar-refractivity contribution in [1.29, 1.82) is 0 Å². The molecule has 2 rings (SSSR count). The van der Waals surface area contributed by atoms with Crippen LogP contribution in [0.1, 0.15) is 35.6 Å². The maximum Gasteiger partial charge on any atom is 0.287 e. The highest BCUT2D eigenvalue weighted by Gasteiger charge is 2.22. The molecule has 1 aromatic carbocycles. The molecule has 1 heterocycles. The number of hydrogen-bond acceptors (Lipinski definition) is 3. The van der Waals surface area contributed by atoms with Gasteiger partial charge in [-0.05, 0) is 51.0 Å². The Bertz CT molecular complexity index is 710. The molecule has 0 aliphatic carbocycles. The lowest BCUT2D eigenvalue weighted by molar-refractivity contribution is 0.0707. The molecule has 0 saturated heterocycles. The van der Waals surface area contributed by atoms with Crippen molar-refractivity contribution in [2.45, 2.75) is 40.2 Å². The first-order valence-electron chi connectivity index (χ1n) is 7.06. The maximum atomic E-state index is 12.5. The van der Waals surface area contributed by atoms with Gasteiger partial charge in [0.25, 0.3) is 5.91 Å². The van der Waals surface area contributed by atoms with Gasteiger partial charge in [-0.25, -0.2) is 4.68 Å². The Morgan fingerprint density at radius 2 is 2.05 bits per heavy atom. The van der Waals surface area contributed by atoms with Gasteiger partial charge in [-0.1, -0.05) is 30.1 Å². The van der Waals surface area contributed by atoms with Crippen LogP contribution in [0.4, 0.5) is 0 Å². The van der Waals surface area contributed by atoms with Crippen LogP contribution in [0.25, 0.3) is 0 Å². The minimum Gasteiger partial charge on any atom is -0.479 e. The summed E-state index contributed by atoms with van der Waals surface area (Å²) in [5.41, 5.74) is 2.80. The molecule has 0 amide bonds. The lowest BCUT2D eigenvalue weighted by Gasteiger charge is -2.15. The van der Waals surface area contributed by atoms with Gasteiger partial charge in [-0.15, -0.1) is 0 Å². The molecule has 2 aromatic rings. The first-order chi connectivity index (χ1) is 10.3. The molecule has 0 bridgehead atoms. The fraction of sp³-hybridized carbons (Fsp3) is 0.375. The number of aryl methyl sites for hydroxylation is 1. The number of nitrogens with zero attached hydrogens (tertiary/aromatic N) is 2. The average molecular weight is 341 g/mol. The van der Waals surface area contributed by atoms with Crippen LogP contribution in [0.2, 0.25) is 10.0 Å². The molecule has 0 radical (unpaired) electrons. The molecule has 4 nitrogen and oxygen atoms in total. The SMILES string of the molecule is CCc1c(C)nn(C(=O)C(C)Oc2ccc(Cl)cc2Cl)c1C. The number of carbonyl (C=O) groups is 1. The predicted molar refractivity (Wildman–Crippen MR) is 88.3 cm³/mol. The largest absolute Gasteiger partial charge is 0.479 e. The van der Waals surface area contributed by atoms with Crippen LogP contribution >= 0.6 is 23.2 Å². The van der Waals surface area contributed by atoms with Crippen LogP contribution in [0.15, 0.2) is 18.2 Å². The van der Waals surface area contributed by atoms with Crippen molar-refractivity contribution in [3.63, 3.8) is 0 Å². The third kappa shape index (κ3) is 3.28. The van der Waals surface area contributed by atoms with E-state index in [9.17, 15) is 4.79 Å². The van der Waals surface area contributed by atoms with Crippen LogP contribution in [0, 0.1) is 13.8 Å². The molecule has 1 unspecified atom stereocenters. The van der Waals surface area contributed by atoms with Crippen molar-refractivity contribution in [3.05, 3.63) is 45.2 Å². The minimum atomic E-state index is -0.707. The van der Waals surface area contributed by atoms with Gasteiger partial charge in [0.15, 0.2) is 6.10 Å². The van der Waals surface area contributed by atoms with E-state index >= 15 is 0 Å². The molecule has 22 heavy (non-hydrogen) atoms. The highest BCUT2D eigenvalue weighted by Crippen LogP contribution is 2.28. The van der Waals surface area contributed by atoms with Crippen molar-refractivity contribution >= 4 is 29.1 Å². The highest BCUT2D eigenvalue weighted by atomic mass is 35.5. The molecule has 0 aliphatic rings. The third-order valence-electron chi connectivity index (χ3n) is 3.55. The summed E-state index contributed by atoms with van der Waals surface area (Å²) in [4.78, 5) is 12.5. The molecule has 118 valence electrons. The average Bonchev–Trinajstić information content (AvgIpc) is 2.75. The molecule has 6 heteroatoms. The van der Waals surface area contributed by atoms with Gasteiger partial charge in [-0.2, -0.15) is 5.10 Å². The summed E-state index contributed by atoms with van der Waals surface area (Å²) in [7, 11) is 0. The second-order valence-corrected chi connectivity index (χ2v) is 5.93. The monoisotopic (exact) mass is 340 g/mol. The van der Waals surface area contributed by atoms with Gasteiger partial charge in [0.1, 0.15) is 5.75 Å². The minimum absolute atomic E-state index is 0.230. The fourth-order valence-corrected chi connectivity index (χ4v) is 2.84. The Hall–Kier alpha value is -1.52. The molecule has 0 aliphatic heterocycles. The van der Waals surface area contributed by atoms with E-state index < -0.39 is 6.10 Å². The van der Waals surface area contributed by atoms with Crippen LogP contribution in [0.5, 0.6) is 5.75 Å². The topological polar surface area (TPSA) is 44.1 Å². The van der Waals surface area contributed by atoms with Crippen molar-refractivity contribution in [3.8, 4) is 5.75 Å². The van der Waals surface area contributed by atoms with Crippen LogP contribution in [-0.2, 0) is 6.42 Å². The predicted octanol–water partition coefficient (Wildman–Crippen LogP) is 4.48. The van der Waals surface area contributed by atoms with Crippen LogP contribution in [0.3, 0.4) is 0 Å². The zero-order chi connectivity index (χ0) is 16.4. The van der Waals surface area contributed by atoms with E-state index in [1.54, 1.807) is 25.1 Å². The van der Waals surface area contributed by atoms with E-state index in [4.69, 9.17) is 27.9 Å². The summed E-state index contributed by atoms with van der Waals surface area (Å²) in [5.74, 6) is 0.190. The van der Waals surface area contributed by atoms with E-state index in [2.05, 4.69) is 5.10 Å². The van der Waals surface area contributed by atoms with Gasteiger partial charge in [-0.3, -0.25) is 4.79 Å². The molecular weight excluding hydrogens is 323 g/mol. The maximum absolute atomic E-state index is 12.5. The summed E-state index contributed by atoms with van der Waals surface area (Å²) in [6, 6.07) is 4.89. The first-order valence-corrected chi connectivity index (χ1v) is 7.81. The Balaban J connectivity index is 2.22. The zero-order valence-electron chi connectivity index (χ0n) is 13.0. The number of aromatic nitrogens is 2. The summed E-state index contributed by atoms with van der Waals surface area (Å²) < 4.78 is 7.06. The summed E-state index contributed by atoms with van der Waals surface area (Å²) in [6.45, 7) is 7.50. The fourth-order valence-electron chi connectivity index (χ4n) is 2.39. The normalized spacial score (nSPS) is 12.3. The standard InChI is InChI=1S/C16H18Cl2N2O2/c1-5-13-9(2)19-20(10(13)3)16(21)11(4)22-15-7-6-12(17)8-14(15)18/h6-8,11H,5H2,1-4H3. The lowest BCUT2D eigenvalue weighted by Crippen LogP contribution is -2.31. The van der Waals surface area contributed by atoms with Crippen LogP contribution < -0.4 is 4.74 Å². The number of rotatable bonds is 4. The van der Waals surface area contributed by atoms with E-state index in [1.165, 1.54) is 4.68 Å². The molecule has 0 spiro atoms. The summed E-state index contributed by atoms with van der Waals surface area (Å²) in [6.07, 6.45) is 0.129. The molecule has 0 saturated carbocycles. The lowest BCUT2D eigenvalue weighted by atomic mass is 10.1. The Morgan fingerprint density at radius 3 is 2.59 bits per heavy atom. The van der Waals surface area contributed by atoms with Gasteiger partial charge in [0.2, 0.25) is 0 Å². The highest BCUT2D eigenvalue weighted by molar-refractivity contribution is 6.35. The molecular formula is C16H18Cl2N2O2. The van der Waals surface area contributed by atoms with Crippen molar-refractivity contribution in [2.75, 3.05) is 0 Å². The van der Waals surface area contributed by atoms with Gasteiger partial charge in [0, 0.05) is 10.7 Å². The molecule has 0 N–H and O–H groups in total. The second-order valence-electron chi connectivity index (χ2n) is 5.09. The number of halogens is 2. The molecule has 1 aromatic heterocycles. The quantitative estimate of drug-likeness (QED) is 0.824. The first kappa shape index (κ1) is 16.8. The summed E-state index contributed by atoms with van der Waals surface area (Å²) in [5, 5.41) is 5.20. The Morgan fingerprint density at radius 1 is 1.36 bits per heavy atom. The van der Waals surface area contributed by atoms with Gasteiger partial charge >= 0.3 is 0 Å². The number of carbonyl (C=O) groups excluding carboxylic acids is 1. The third-order valence-corrected chi connectivity index (χ3v) is 4.08. The second kappa shape index (κ2) is 6.71. The smallest absolute Gasteiger partial charge is 0.287 e. The Kier molecular flexibility index (Phi) is 5.14. The van der Waals surface area contributed by atoms with E-state index in [0.29, 0.717) is 15.8 Å². The molecule has 1 atom stereocenters. The molecule has 0 fully saturated rings. The van der Waals surface area contributed by atoms with Crippen molar-refractivity contribution < 1.29 is 9.53 Å². The van der Waals surface area contributed by atoms with Crippen molar-refractivity contribution in [2.24, 2.45) is 0 Å². The summed E-state index contributed by atoms with van der Waals surface area (Å²) >= 11 is 11.9. The zero-order valence-corrected chi connectivity index (χ0v) is 14.5. The van der Waals surface area contributed by atoms with E-state index in [1.807, 2.05) is 20.8 Å². The van der Waals surface area contributed by atoms with Crippen LogP contribution in [-0.4, -0.2) is 21.8 Å². The van der Waals surface area contributed by atoms with Gasteiger partial charge < -0.3 is 4.74 Å². The van der Waals surface area contributed by atoms with Crippen molar-refractivity contribution in [1.82, 2.24) is 9.78 Å². The number of hydrogen-bond donors (Lipinski definition) is 0.